The van der Waals surface area contributed by atoms with E-state index in [0.29, 0.717) is 0 Å². The Kier molecular flexibility index (Phi) is 4.64. The third-order valence-electron chi connectivity index (χ3n) is 1.41. The minimum atomic E-state index is -6.22. The maximum atomic E-state index is 12.3. The molecule has 0 fully saturated rings. The number of hydrogen-bond donors (Lipinski definition) is 1. The van der Waals surface area contributed by atoms with E-state index in [0.717, 1.165) is 0 Å². The van der Waals surface area contributed by atoms with Crippen LogP contribution in [-0.4, -0.2) is 39.9 Å². The molecule has 0 heterocycles. The zero-order valence-electron chi connectivity index (χ0n) is 7.88. The first kappa shape index (κ1) is 17.4. The van der Waals surface area contributed by atoms with Crippen molar-refractivity contribution in [1.29, 1.82) is 0 Å². The van der Waals surface area contributed by atoms with Crippen LogP contribution in [0.15, 0.2) is 0 Å². The number of sulfone groups is 1. The number of halogens is 7. The van der Waals surface area contributed by atoms with Crippen molar-refractivity contribution < 1.29 is 47.6 Å². The molecule has 1 N–H and O–H groups in total. The lowest BCUT2D eigenvalue weighted by atomic mass is 10.7. The Morgan fingerprint density at radius 1 is 0.944 bits per heavy atom. The molecule has 0 aromatic rings. The van der Waals surface area contributed by atoms with E-state index in [9.17, 15) is 47.6 Å². The van der Waals surface area contributed by atoms with Crippen LogP contribution in [0.5, 0.6) is 0 Å². The van der Waals surface area contributed by atoms with E-state index in [-0.39, 0.29) is 4.72 Å². The topological polar surface area (TPSA) is 80.3 Å². The highest BCUT2D eigenvalue weighted by atomic mass is 32.2. The van der Waals surface area contributed by atoms with Crippen LogP contribution < -0.4 is 4.72 Å². The van der Waals surface area contributed by atoms with Crippen molar-refractivity contribution in [1.82, 2.24) is 4.72 Å². The lowest BCUT2D eigenvalue weighted by Gasteiger charge is -2.16. The van der Waals surface area contributed by atoms with Gasteiger partial charge in [0.25, 0.3) is 0 Å². The average Bonchev–Trinajstić information content (AvgIpc) is 2.12. The molecule has 0 aliphatic rings. The van der Waals surface area contributed by atoms with Gasteiger partial charge in [0.1, 0.15) is 5.88 Å². The van der Waals surface area contributed by atoms with Crippen molar-refractivity contribution in [3.05, 3.63) is 0 Å². The summed E-state index contributed by atoms with van der Waals surface area (Å²) in [6.07, 6.45) is -4.71. The molecule has 0 aromatic carbocycles. The predicted octanol–water partition coefficient (Wildman–Crippen LogP) is 0.656. The van der Waals surface area contributed by atoms with Gasteiger partial charge in [-0.1, -0.05) is 0 Å². The summed E-state index contributed by atoms with van der Waals surface area (Å²) in [7, 11) is -12.4. The van der Waals surface area contributed by atoms with Crippen LogP contribution in [0, 0.1) is 0 Å². The van der Waals surface area contributed by atoms with Crippen LogP contribution in [0.2, 0.25) is 0 Å². The maximum Gasteiger partial charge on any atom is 0.511 e. The summed E-state index contributed by atoms with van der Waals surface area (Å²) >= 11 is 0. The van der Waals surface area contributed by atoms with E-state index in [1.54, 1.807) is 0 Å². The Morgan fingerprint density at radius 3 is 1.61 bits per heavy atom. The number of hydrogen-bond acceptors (Lipinski definition) is 4. The van der Waals surface area contributed by atoms with Gasteiger partial charge in [-0.2, -0.15) is 26.7 Å². The Hall–Kier alpha value is -0.630. The van der Waals surface area contributed by atoms with Crippen LogP contribution in [0.1, 0.15) is 0 Å². The summed E-state index contributed by atoms with van der Waals surface area (Å²) in [6.45, 7) is 0. The fraction of sp³-hybridized carbons (Fsp3) is 1.00. The van der Waals surface area contributed by atoms with Crippen molar-refractivity contribution >= 4 is 19.9 Å². The van der Waals surface area contributed by atoms with Gasteiger partial charge in [-0.05, 0) is 0 Å². The van der Waals surface area contributed by atoms with Crippen molar-refractivity contribution in [2.75, 3.05) is 5.88 Å². The molecule has 110 valence electrons. The van der Waals surface area contributed by atoms with Crippen LogP contribution >= 0.6 is 0 Å². The monoisotopic (exact) mass is 327 g/mol. The Balaban J connectivity index is 5.08. The van der Waals surface area contributed by atoms with E-state index >= 15 is 0 Å². The van der Waals surface area contributed by atoms with Gasteiger partial charge in [0.15, 0.2) is 0 Å². The third-order valence-corrected chi connectivity index (χ3v) is 4.26. The van der Waals surface area contributed by atoms with Gasteiger partial charge in [-0.15, -0.1) is 0 Å². The first-order chi connectivity index (χ1) is 7.65. The van der Waals surface area contributed by atoms with Gasteiger partial charge >= 0.3 is 27.2 Å². The van der Waals surface area contributed by atoms with E-state index < -0.39 is 42.9 Å². The van der Waals surface area contributed by atoms with E-state index in [1.165, 1.54) is 0 Å². The second kappa shape index (κ2) is 4.80. The molecule has 0 radical (unpaired) electrons. The summed E-state index contributed by atoms with van der Waals surface area (Å²) in [5, 5.41) is -5.67. The molecule has 0 atom stereocenters. The molecule has 0 bridgehead atoms. The van der Waals surface area contributed by atoms with E-state index in [1.807, 2.05) is 0 Å². The van der Waals surface area contributed by atoms with Crippen molar-refractivity contribution in [2.45, 2.75) is 17.2 Å². The molecule has 0 saturated carbocycles. The molecule has 14 heteroatoms. The molecule has 0 spiro atoms. The Bertz CT molecular complexity index is 492. The molecule has 0 aromatic heterocycles. The molecule has 0 rings (SSSR count). The highest BCUT2D eigenvalue weighted by molar-refractivity contribution is 7.94. The standard InChI is InChI=1S/C4H4F7NO4S2/c5-2(6)3(7,8)17(13,14)1-12-18(15,16)4(9,10)11/h2,12H,1H2. The molecule has 0 saturated heterocycles. The number of nitrogens with one attached hydrogen (secondary N) is 1. The molecule has 5 nitrogen and oxygen atoms in total. The lowest BCUT2D eigenvalue weighted by molar-refractivity contribution is -0.0637. The third kappa shape index (κ3) is 3.44. The molecule has 0 amide bonds. The van der Waals surface area contributed by atoms with Crippen molar-refractivity contribution in [2.24, 2.45) is 0 Å². The van der Waals surface area contributed by atoms with Gasteiger partial charge in [0, 0.05) is 0 Å². The summed E-state index contributed by atoms with van der Waals surface area (Å²) in [5.74, 6) is -2.51. The summed E-state index contributed by atoms with van der Waals surface area (Å²) in [4.78, 5) is 0. The highest BCUT2D eigenvalue weighted by Crippen LogP contribution is 2.30. The van der Waals surface area contributed by atoms with E-state index in [2.05, 4.69) is 0 Å². The largest absolute Gasteiger partial charge is 0.511 e. The average molecular weight is 327 g/mol. The molecular formula is C4H4F7NO4S2. The van der Waals surface area contributed by atoms with Crippen molar-refractivity contribution in [3.8, 4) is 0 Å². The van der Waals surface area contributed by atoms with Crippen LogP contribution in [-0.2, 0) is 19.9 Å². The highest BCUT2D eigenvalue weighted by Gasteiger charge is 2.55. The van der Waals surface area contributed by atoms with Gasteiger partial charge in [-0.25, -0.2) is 25.6 Å². The molecule has 0 unspecified atom stereocenters. The number of sulfonamides is 1. The van der Waals surface area contributed by atoms with Gasteiger partial charge in [0.2, 0.25) is 9.84 Å². The fourth-order valence-electron chi connectivity index (χ4n) is 0.469. The van der Waals surface area contributed by atoms with E-state index in [4.69, 9.17) is 0 Å². The van der Waals surface area contributed by atoms with Gasteiger partial charge in [0.05, 0.1) is 0 Å². The predicted molar refractivity (Wildman–Crippen MR) is 42.8 cm³/mol. The molecular weight excluding hydrogens is 323 g/mol. The van der Waals surface area contributed by atoms with Crippen LogP contribution in [0.4, 0.5) is 30.7 Å². The smallest absolute Gasteiger partial charge is 0.221 e. The van der Waals surface area contributed by atoms with Crippen molar-refractivity contribution in [3.63, 3.8) is 0 Å². The first-order valence-electron chi connectivity index (χ1n) is 3.59. The van der Waals surface area contributed by atoms with Gasteiger partial charge in [-0.3, -0.25) is 0 Å². The second-order valence-electron chi connectivity index (χ2n) is 2.72. The Labute approximate surface area is 95.9 Å². The Morgan fingerprint density at radius 2 is 1.33 bits per heavy atom. The molecule has 0 aliphatic heterocycles. The van der Waals surface area contributed by atoms with Crippen LogP contribution in [0.25, 0.3) is 0 Å². The molecule has 18 heavy (non-hydrogen) atoms. The fourth-order valence-corrected chi connectivity index (χ4v) is 2.34. The number of alkyl halides is 7. The summed E-state index contributed by atoms with van der Waals surface area (Å²) in [6, 6.07) is 0. The first-order valence-corrected chi connectivity index (χ1v) is 6.73. The minimum Gasteiger partial charge on any atom is -0.221 e. The zero-order valence-corrected chi connectivity index (χ0v) is 9.51. The normalized spacial score (nSPS) is 15.1. The zero-order chi connectivity index (χ0) is 15.0. The maximum absolute atomic E-state index is 12.3. The summed E-state index contributed by atoms with van der Waals surface area (Å²) < 4.78 is 125. The lowest BCUT2D eigenvalue weighted by Crippen LogP contribution is -2.46. The quantitative estimate of drug-likeness (QED) is 0.752. The minimum absolute atomic E-state index is 0.246. The van der Waals surface area contributed by atoms with Crippen LogP contribution in [0.3, 0.4) is 0 Å². The SMILES string of the molecule is O=S(=O)(CNS(=O)(=O)C(F)(F)F)C(F)(F)C(F)F. The summed E-state index contributed by atoms with van der Waals surface area (Å²) in [5.41, 5.74) is -5.96. The second-order valence-corrected chi connectivity index (χ2v) is 6.54. The van der Waals surface area contributed by atoms with Gasteiger partial charge < -0.3 is 0 Å². The number of rotatable bonds is 5. The molecule has 0 aliphatic carbocycles.